The van der Waals surface area contributed by atoms with Crippen LogP contribution in [0, 0.1) is 0 Å². The Morgan fingerprint density at radius 2 is 2.17 bits per heavy atom. The monoisotopic (exact) mass is 363 g/mol. The summed E-state index contributed by atoms with van der Waals surface area (Å²) in [6.45, 7) is 3.86. The van der Waals surface area contributed by atoms with E-state index in [1.807, 2.05) is 25.1 Å². The first-order valence-electron chi connectivity index (χ1n) is 7.84. The summed E-state index contributed by atoms with van der Waals surface area (Å²) in [6.07, 6.45) is 1.07. The van der Waals surface area contributed by atoms with Crippen LogP contribution in [0.15, 0.2) is 24.3 Å². The number of ether oxygens (including phenoxy) is 1. The van der Waals surface area contributed by atoms with Gasteiger partial charge in [0.05, 0.1) is 16.4 Å². The van der Waals surface area contributed by atoms with Gasteiger partial charge in [-0.1, -0.05) is 18.5 Å². The average molecular weight is 364 g/mol. The minimum atomic E-state index is -0.0978. The van der Waals surface area contributed by atoms with Gasteiger partial charge in [0, 0.05) is 23.3 Å². The van der Waals surface area contributed by atoms with Crippen molar-refractivity contribution in [2.75, 3.05) is 6.54 Å². The van der Waals surface area contributed by atoms with Crippen molar-refractivity contribution in [2.45, 2.75) is 32.8 Å². The number of Topliss-reactive ketones (excluding diaryl/α,β-unsaturated/α-hetero) is 1. The van der Waals surface area contributed by atoms with Crippen molar-refractivity contribution >= 4 is 34.6 Å². The largest absolute Gasteiger partial charge is 0.486 e. The highest BCUT2D eigenvalue weighted by atomic mass is 35.5. The molecule has 126 valence electrons. The van der Waals surface area contributed by atoms with Crippen LogP contribution in [0.25, 0.3) is 10.4 Å². The van der Waals surface area contributed by atoms with E-state index < -0.39 is 0 Å². The second kappa shape index (κ2) is 6.95. The molecular formula is C18H18ClNO3S. The molecule has 0 aliphatic carbocycles. The van der Waals surface area contributed by atoms with Crippen molar-refractivity contribution < 1.29 is 14.3 Å². The molecule has 0 bridgehead atoms. The SMILES string of the molecule is CCC(=O)NCC1Cc2cc(-c3ccc(C(C)=O)s3)cc(Cl)c2O1. The van der Waals surface area contributed by atoms with Crippen LogP contribution in [0.1, 0.15) is 35.5 Å². The van der Waals surface area contributed by atoms with Gasteiger partial charge in [-0.05, 0) is 36.8 Å². The molecule has 1 aliphatic rings. The minimum absolute atomic E-state index is 0.0108. The number of carbonyl (C=O) groups is 2. The number of ketones is 1. The number of hydrogen-bond acceptors (Lipinski definition) is 4. The number of benzene rings is 1. The molecule has 1 aromatic carbocycles. The third-order valence-electron chi connectivity index (χ3n) is 3.94. The molecule has 1 atom stereocenters. The third-order valence-corrected chi connectivity index (χ3v) is 5.45. The summed E-state index contributed by atoms with van der Waals surface area (Å²) in [4.78, 5) is 24.6. The molecule has 0 fully saturated rings. The van der Waals surface area contributed by atoms with Crippen LogP contribution in [0.2, 0.25) is 5.02 Å². The van der Waals surface area contributed by atoms with Crippen LogP contribution < -0.4 is 10.1 Å². The van der Waals surface area contributed by atoms with Gasteiger partial charge in [0.25, 0.3) is 0 Å². The van der Waals surface area contributed by atoms with E-state index in [0.717, 1.165) is 20.9 Å². The van der Waals surface area contributed by atoms with E-state index in [1.54, 1.807) is 6.92 Å². The first-order valence-corrected chi connectivity index (χ1v) is 9.04. The Bertz CT molecular complexity index is 800. The van der Waals surface area contributed by atoms with Crippen molar-refractivity contribution in [3.8, 4) is 16.2 Å². The van der Waals surface area contributed by atoms with Crippen LogP contribution in [-0.4, -0.2) is 24.3 Å². The fraction of sp³-hybridized carbons (Fsp3) is 0.333. The lowest BCUT2D eigenvalue weighted by Crippen LogP contribution is -2.33. The van der Waals surface area contributed by atoms with Gasteiger partial charge >= 0.3 is 0 Å². The van der Waals surface area contributed by atoms with Crippen LogP contribution in [-0.2, 0) is 11.2 Å². The first-order chi connectivity index (χ1) is 11.5. The number of rotatable bonds is 5. The Labute approximate surface area is 149 Å². The number of fused-ring (bicyclic) bond motifs is 1. The van der Waals surface area contributed by atoms with Gasteiger partial charge in [0.15, 0.2) is 5.78 Å². The Balaban J connectivity index is 1.79. The van der Waals surface area contributed by atoms with Gasteiger partial charge in [0.2, 0.25) is 5.91 Å². The van der Waals surface area contributed by atoms with Crippen LogP contribution in [0.3, 0.4) is 0 Å². The van der Waals surface area contributed by atoms with Gasteiger partial charge in [-0.15, -0.1) is 11.3 Å². The summed E-state index contributed by atoms with van der Waals surface area (Å²) in [5.74, 6) is 0.768. The van der Waals surface area contributed by atoms with Crippen LogP contribution in [0.4, 0.5) is 0 Å². The van der Waals surface area contributed by atoms with Crippen LogP contribution in [0.5, 0.6) is 5.75 Å². The van der Waals surface area contributed by atoms with Crippen molar-refractivity contribution in [1.82, 2.24) is 5.32 Å². The molecule has 1 unspecified atom stereocenters. The van der Waals surface area contributed by atoms with E-state index in [-0.39, 0.29) is 17.8 Å². The summed E-state index contributed by atoms with van der Waals surface area (Å²) in [6, 6.07) is 7.69. The first kappa shape index (κ1) is 17.0. The normalized spacial score (nSPS) is 15.7. The molecule has 1 aliphatic heterocycles. The molecule has 24 heavy (non-hydrogen) atoms. The zero-order valence-electron chi connectivity index (χ0n) is 13.5. The highest BCUT2D eigenvalue weighted by Gasteiger charge is 2.26. The fourth-order valence-electron chi connectivity index (χ4n) is 2.68. The summed E-state index contributed by atoms with van der Waals surface area (Å²) < 4.78 is 5.87. The predicted molar refractivity (Wildman–Crippen MR) is 96.2 cm³/mol. The summed E-state index contributed by atoms with van der Waals surface area (Å²) >= 11 is 7.83. The van der Waals surface area contributed by atoms with Crippen molar-refractivity contribution in [2.24, 2.45) is 0 Å². The lowest BCUT2D eigenvalue weighted by molar-refractivity contribution is -0.121. The second-order valence-corrected chi connectivity index (χ2v) is 7.26. The molecule has 1 amide bonds. The van der Waals surface area contributed by atoms with Crippen molar-refractivity contribution in [3.63, 3.8) is 0 Å². The number of thiophene rings is 1. The molecule has 3 rings (SSSR count). The molecule has 0 saturated carbocycles. The standard InChI is InChI=1S/C18H18ClNO3S/c1-3-17(22)20-9-13-7-12-6-11(8-14(19)18(12)23-13)16-5-4-15(24-16)10(2)21/h4-6,8,13H,3,7,9H2,1-2H3,(H,20,22). The number of halogens is 1. The molecular weight excluding hydrogens is 346 g/mol. The fourth-order valence-corrected chi connectivity index (χ4v) is 3.85. The zero-order chi connectivity index (χ0) is 17.3. The number of carbonyl (C=O) groups excluding carboxylic acids is 2. The second-order valence-electron chi connectivity index (χ2n) is 5.77. The average Bonchev–Trinajstić information content (AvgIpc) is 3.19. The molecule has 0 spiro atoms. The van der Waals surface area contributed by atoms with Crippen molar-refractivity contribution in [1.29, 1.82) is 0 Å². The third kappa shape index (κ3) is 3.47. The zero-order valence-corrected chi connectivity index (χ0v) is 15.1. The number of hydrogen-bond donors (Lipinski definition) is 1. The van der Waals surface area contributed by atoms with E-state index >= 15 is 0 Å². The van der Waals surface area contributed by atoms with E-state index in [0.29, 0.717) is 30.2 Å². The minimum Gasteiger partial charge on any atom is -0.486 e. The maximum Gasteiger partial charge on any atom is 0.219 e. The van der Waals surface area contributed by atoms with Gasteiger partial charge < -0.3 is 10.1 Å². The summed E-state index contributed by atoms with van der Waals surface area (Å²) in [5.41, 5.74) is 2.02. The molecule has 4 nitrogen and oxygen atoms in total. The Kier molecular flexibility index (Phi) is 4.92. The highest BCUT2D eigenvalue weighted by Crippen LogP contribution is 2.41. The highest BCUT2D eigenvalue weighted by molar-refractivity contribution is 7.17. The Morgan fingerprint density at radius 1 is 1.38 bits per heavy atom. The lowest BCUT2D eigenvalue weighted by atomic mass is 10.1. The van der Waals surface area contributed by atoms with Gasteiger partial charge in [0.1, 0.15) is 11.9 Å². The summed E-state index contributed by atoms with van der Waals surface area (Å²) in [7, 11) is 0. The van der Waals surface area contributed by atoms with Gasteiger partial charge in [-0.2, -0.15) is 0 Å². The van der Waals surface area contributed by atoms with E-state index in [2.05, 4.69) is 11.4 Å². The smallest absolute Gasteiger partial charge is 0.219 e. The quantitative estimate of drug-likeness (QED) is 0.813. The lowest BCUT2D eigenvalue weighted by Gasteiger charge is -2.11. The van der Waals surface area contributed by atoms with Crippen LogP contribution >= 0.6 is 22.9 Å². The topological polar surface area (TPSA) is 55.4 Å². The molecule has 0 saturated heterocycles. The van der Waals surface area contributed by atoms with E-state index in [4.69, 9.17) is 16.3 Å². The number of amides is 1. The predicted octanol–water partition coefficient (Wildman–Crippen LogP) is 4.10. The molecule has 1 aromatic heterocycles. The molecule has 0 radical (unpaired) electrons. The summed E-state index contributed by atoms with van der Waals surface area (Å²) in [5, 5.41) is 3.41. The van der Waals surface area contributed by atoms with Gasteiger partial charge in [-0.3, -0.25) is 9.59 Å². The van der Waals surface area contributed by atoms with Crippen molar-refractivity contribution in [3.05, 3.63) is 39.7 Å². The Morgan fingerprint density at radius 3 is 2.83 bits per heavy atom. The maximum atomic E-state index is 11.5. The van der Waals surface area contributed by atoms with E-state index in [9.17, 15) is 9.59 Å². The molecule has 2 aromatic rings. The molecule has 2 heterocycles. The molecule has 1 N–H and O–H groups in total. The molecule has 6 heteroatoms. The Hall–Kier alpha value is -1.85. The number of nitrogens with one attached hydrogen (secondary N) is 1. The van der Waals surface area contributed by atoms with Gasteiger partial charge in [-0.25, -0.2) is 0 Å². The maximum absolute atomic E-state index is 11.5. The van der Waals surface area contributed by atoms with E-state index in [1.165, 1.54) is 11.3 Å².